The third-order valence-corrected chi connectivity index (χ3v) is 2.09. The van der Waals surface area contributed by atoms with Crippen molar-refractivity contribution in [3.63, 3.8) is 0 Å². The van der Waals surface area contributed by atoms with Gasteiger partial charge in [-0.3, -0.25) is 0 Å². The summed E-state index contributed by atoms with van der Waals surface area (Å²) in [4.78, 5) is 6.33. The van der Waals surface area contributed by atoms with Crippen molar-refractivity contribution in [2.24, 2.45) is 0 Å². The summed E-state index contributed by atoms with van der Waals surface area (Å²) in [7, 11) is 0. The first-order chi connectivity index (χ1) is 8.09. The Bertz CT molecular complexity index is 532. The maximum absolute atomic E-state index is 13.4. The molecule has 0 saturated heterocycles. The van der Waals surface area contributed by atoms with Crippen LogP contribution in [0, 0.1) is 11.8 Å². The highest BCUT2D eigenvalue weighted by Crippen LogP contribution is 2.23. The van der Waals surface area contributed by atoms with Crippen LogP contribution in [0.5, 0.6) is 0 Å². The van der Waals surface area contributed by atoms with E-state index in [9.17, 15) is 13.2 Å². The zero-order valence-corrected chi connectivity index (χ0v) is 8.44. The molecule has 0 amide bonds. The first-order valence-corrected chi connectivity index (χ1v) is 4.70. The lowest BCUT2D eigenvalue weighted by atomic mass is 10.1. The lowest BCUT2D eigenvalue weighted by Gasteiger charge is -2.06. The molecule has 3 nitrogen and oxygen atoms in total. The molecule has 1 aromatic heterocycles. The Balaban J connectivity index is 2.61. The first-order valence-electron chi connectivity index (χ1n) is 4.70. The van der Waals surface area contributed by atoms with Gasteiger partial charge in [0.1, 0.15) is 5.69 Å². The van der Waals surface area contributed by atoms with Gasteiger partial charge in [-0.2, -0.15) is 13.8 Å². The van der Waals surface area contributed by atoms with E-state index in [1.165, 1.54) is 12.1 Å². The van der Waals surface area contributed by atoms with E-state index in [-0.39, 0.29) is 11.3 Å². The smallest absolute Gasteiger partial charge is 0.257 e. The van der Waals surface area contributed by atoms with Gasteiger partial charge < -0.3 is 5.11 Å². The number of aliphatic hydroxyl groups excluding tert-OH is 1. The topological polar surface area (TPSA) is 46.0 Å². The molecule has 0 radical (unpaired) electrons. The molecule has 6 heteroatoms. The lowest BCUT2D eigenvalue weighted by molar-refractivity contribution is 0.0318. The Morgan fingerprint density at radius 2 is 1.71 bits per heavy atom. The number of rotatable bonds is 2. The minimum atomic E-state index is -2.55. The molecule has 1 aromatic carbocycles. The average Bonchev–Trinajstić information content (AvgIpc) is 2.33. The molecule has 0 fully saturated rings. The molecular formula is C11H7F3N2O. The van der Waals surface area contributed by atoms with Crippen LogP contribution in [0.25, 0.3) is 11.3 Å². The fourth-order valence-electron chi connectivity index (χ4n) is 1.33. The van der Waals surface area contributed by atoms with Gasteiger partial charge in [-0.25, -0.2) is 9.37 Å². The van der Waals surface area contributed by atoms with Crippen LogP contribution in [-0.4, -0.2) is 15.1 Å². The van der Waals surface area contributed by atoms with Crippen molar-refractivity contribution in [3.8, 4) is 11.3 Å². The molecule has 1 unspecified atom stereocenters. The predicted octanol–water partition coefficient (Wildman–Crippen LogP) is 2.38. The normalized spacial score (nSPS) is 12.5. The second-order valence-electron chi connectivity index (χ2n) is 3.24. The fourth-order valence-corrected chi connectivity index (χ4v) is 1.33. The Morgan fingerprint density at radius 3 is 2.29 bits per heavy atom. The average molecular weight is 240 g/mol. The predicted molar refractivity (Wildman–Crippen MR) is 53.5 cm³/mol. The zero-order chi connectivity index (χ0) is 12.4. The van der Waals surface area contributed by atoms with Gasteiger partial charge in [0, 0.05) is 5.56 Å². The van der Waals surface area contributed by atoms with Crippen LogP contribution in [0.4, 0.5) is 13.2 Å². The minimum absolute atomic E-state index is 0.271. The van der Waals surface area contributed by atoms with Crippen molar-refractivity contribution in [2.45, 2.75) is 6.36 Å². The van der Waals surface area contributed by atoms with Gasteiger partial charge >= 0.3 is 0 Å². The van der Waals surface area contributed by atoms with Gasteiger partial charge in [-0.05, 0) is 0 Å². The molecule has 1 N–H and O–H groups in total. The molecule has 88 valence electrons. The summed E-state index contributed by atoms with van der Waals surface area (Å²) in [6, 6.07) is 7.85. The van der Waals surface area contributed by atoms with Gasteiger partial charge in [0.05, 0.1) is 0 Å². The Kier molecular flexibility index (Phi) is 3.06. The molecule has 0 spiro atoms. The summed E-state index contributed by atoms with van der Waals surface area (Å²) in [5, 5.41) is 8.63. The number of nitrogens with zero attached hydrogens (tertiary/aromatic N) is 2. The van der Waals surface area contributed by atoms with E-state index in [1.54, 1.807) is 18.2 Å². The summed E-state index contributed by atoms with van der Waals surface area (Å²) >= 11 is 0. The van der Waals surface area contributed by atoms with E-state index in [4.69, 9.17) is 5.11 Å². The summed E-state index contributed by atoms with van der Waals surface area (Å²) < 4.78 is 39.1. The Hall–Kier alpha value is -1.95. The van der Waals surface area contributed by atoms with Crippen molar-refractivity contribution < 1.29 is 18.3 Å². The Morgan fingerprint density at radius 1 is 1.06 bits per heavy atom. The zero-order valence-electron chi connectivity index (χ0n) is 8.44. The molecule has 17 heavy (non-hydrogen) atoms. The van der Waals surface area contributed by atoms with Crippen LogP contribution in [0.3, 0.4) is 0 Å². The third kappa shape index (κ3) is 2.26. The number of aromatic nitrogens is 2. The first kappa shape index (κ1) is 11.5. The molecule has 1 atom stereocenters. The quantitative estimate of drug-likeness (QED) is 0.820. The number of aliphatic hydroxyl groups is 1. The minimum Gasteiger partial charge on any atom is -0.358 e. The lowest BCUT2D eigenvalue weighted by Crippen LogP contribution is -2.06. The van der Waals surface area contributed by atoms with E-state index in [0.717, 1.165) is 0 Å². The molecule has 0 aliphatic heterocycles. The highest BCUT2D eigenvalue weighted by molar-refractivity contribution is 5.59. The second-order valence-corrected chi connectivity index (χ2v) is 3.24. The second kappa shape index (κ2) is 4.50. The SMILES string of the molecule is OC(F)c1nc(F)c(F)c(-c2ccccc2)n1. The van der Waals surface area contributed by atoms with E-state index in [1.807, 2.05) is 0 Å². The van der Waals surface area contributed by atoms with Gasteiger partial charge in [0.15, 0.2) is 5.82 Å². The largest absolute Gasteiger partial charge is 0.358 e. The highest BCUT2D eigenvalue weighted by atomic mass is 19.2. The summed E-state index contributed by atoms with van der Waals surface area (Å²) in [6.07, 6.45) is -2.55. The molecule has 1 heterocycles. The molecule has 0 saturated carbocycles. The molecule has 0 aliphatic carbocycles. The van der Waals surface area contributed by atoms with Crippen molar-refractivity contribution in [1.82, 2.24) is 9.97 Å². The number of halogens is 3. The van der Waals surface area contributed by atoms with E-state index in [2.05, 4.69) is 9.97 Å². The van der Waals surface area contributed by atoms with Crippen molar-refractivity contribution in [1.29, 1.82) is 0 Å². The fraction of sp³-hybridized carbons (Fsp3) is 0.0909. The summed E-state index contributed by atoms with van der Waals surface area (Å²) in [5.74, 6) is -3.58. The highest BCUT2D eigenvalue weighted by Gasteiger charge is 2.19. The maximum Gasteiger partial charge on any atom is 0.257 e. The monoisotopic (exact) mass is 240 g/mol. The van der Waals surface area contributed by atoms with Crippen LogP contribution < -0.4 is 0 Å². The summed E-state index contributed by atoms with van der Waals surface area (Å²) in [6.45, 7) is 0. The van der Waals surface area contributed by atoms with Crippen molar-refractivity contribution >= 4 is 0 Å². The Labute approximate surface area is 94.6 Å². The van der Waals surface area contributed by atoms with Crippen LogP contribution in [0.15, 0.2) is 30.3 Å². The van der Waals surface area contributed by atoms with Gasteiger partial charge in [-0.1, -0.05) is 30.3 Å². The van der Waals surface area contributed by atoms with E-state index in [0.29, 0.717) is 0 Å². The number of hydrogen-bond acceptors (Lipinski definition) is 3. The van der Waals surface area contributed by atoms with Gasteiger partial charge in [0.25, 0.3) is 12.3 Å². The number of alkyl halides is 1. The molecule has 2 aromatic rings. The molecular weight excluding hydrogens is 233 g/mol. The standard InChI is InChI=1S/C11H7F3N2O/c12-7-8(6-4-2-1-3-5-6)15-11(10(14)17)16-9(7)13/h1-5,10,17H. The molecule has 0 aliphatic rings. The third-order valence-electron chi connectivity index (χ3n) is 2.09. The van der Waals surface area contributed by atoms with Crippen molar-refractivity contribution in [3.05, 3.63) is 47.9 Å². The van der Waals surface area contributed by atoms with Crippen LogP contribution in [-0.2, 0) is 0 Å². The summed E-state index contributed by atoms with van der Waals surface area (Å²) in [5.41, 5.74) is -0.113. The van der Waals surface area contributed by atoms with Crippen LogP contribution >= 0.6 is 0 Å². The van der Waals surface area contributed by atoms with Gasteiger partial charge in [0.2, 0.25) is 5.82 Å². The van der Waals surface area contributed by atoms with Crippen molar-refractivity contribution in [2.75, 3.05) is 0 Å². The van der Waals surface area contributed by atoms with E-state index >= 15 is 0 Å². The van der Waals surface area contributed by atoms with Crippen LogP contribution in [0.1, 0.15) is 12.2 Å². The maximum atomic E-state index is 13.4. The van der Waals surface area contributed by atoms with Crippen LogP contribution in [0.2, 0.25) is 0 Å². The van der Waals surface area contributed by atoms with E-state index < -0.39 is 23.9 Å². The molecule has 0 bridgehead atoms. The number of hydrogen-bond donors (Lipinski definition) is 1. The number of benzene rings is 1. The van der Waals surface area contributed by atoms with Gasteiger partial charge in [-0.15, -0.1) is 0 Å². The molecule has 2 rings (SSSR count).